The van der Waals surface area contributed by atoms with Crippen LogP contribution in [0.4, 0.5) is 0 Å². The number of aromatic hydroxyl groups is 1. The summed E-state index contributed by atoms with van der Waals surface area (Å²) in [5.74, 6) is -5.52. The van der Waals surface area contributed by atoms with Gasteiger partial charge in [-0.15, -0.1) is 0 Å². The summed E-state index contributed by atoms with van der Waals surface area (Å²) in [6.07, 6.45) is 0.0151. The molecule has 8 nitrogen and oxygen atoms in total. The number of phenols is 1. The van der Waals surface area contributed by atoms with Gasteiger partial charge in [-0.3, -0.25) is 19.3 Å². The second-order valence-electron chi connectivity index (χ2n) is 12.3. The molecule has 1 aromatic rings. The van der Waals surface area contributed by atoms with Crippen LogP contribution >= 0.6 is 0 Å². The van der Waals surface area contributed by atoms with E-state index in [9.17, 15) is 34.8 Å². The maximum Gasteiger partial charge on any atom is 0.202 e. The van der Waals surface area contributed by atoms with E-state index in [1.807, 2.05) is 34.6 Å². The van der Waals surface area contributed by atoms with Crippen molar-refractivity contribution in [1.82, 2.24) is 4.90 Å². The van der Waals surface area contributed by atoms with Crippen molar-refractivity contribution in [1.29, 1.82) is 0 Å². The van der Waals surface area contributed by atoms with Crippen LogP contribution in [0.1, 0.15) is 58.6 Å². The highest BCUT2D eigenvalue weighted by Gasteiger charge is 2.66. The van der Waals surface area contributed by atoms with E-state index in [4.69, 9.17) is 0 Å². The molecule has 36 heavy (non-hydrogen) atoms. The number of Topliss-reactive ketones (excluding diaryl/α,β-unsaturated/α-hetero) is 3. The first-order chi connectivity index (χ1) is 16.5. The highest BCUT2D eigenvalue weighted by Crippen LogP contribution is 2.58. The Labute approximate surface area is 210 Å². The average molecular weight is 498 g/mol. The van der Waals surface area contributed by atoms with E-state index in [2.05, 4.69) is 0 Å². The number of aliphatic hydroxyl groups excluding tert-OH is 2. The number of phenolic OH excluding ortho intramolecular Hbond substituents is 1. The minimum Gasteiger partial charge on any atom is -0.508 e. The van der Waals surface area contributed by atoms with Gasteiger partial charge in [-0.25, -0.2) is 0 Å². The van der Waals surface area contributed by atoms with Gasteiger partial charge in [-0.05, 0) is 43.0 Å². The van der Waals surface area contributed by atoms with Crippen LogP contribution in [-0.2, 0) is 19.8 Å². The molecule has 8 heteroatoms. The van der Waals surface area contributed by atoms with Crippen molar-refractivity contribution in [3.05, 3.63) is 46.2 Å². The van der Waals surface area contributed by atoms with Gasteiger partial charge in [0, 0.05) is 23.8 Å². The highest BCUT2D eigenvalue weighted by molar-refractivity contribution is 6.25. The maximum absolute atomic E-state index is 14.1. The van der Waals surface area contributed by atoms with Gasteiger partial charge in [-0.1, -0.05) is 46.8 Å². The van der Waals surface area contributed by atoms with Gasteiger partial charge >= 0.3 is 0 Å². The van der Waals surface area contributed by atoms with Crippen LogP contribution in [0.5, 0.6) is 5.75 Å². The number of fused-ring (bicyclic) bond motifs is 3. The number of aliphatic hydroxyl groups is 3. The second-order valence-corrected chi connectivity index (χ2v) is 12.3. The van der Waals surface area contributed by atoms with Crippen molar-refractivity contribution in [2.75, 3.05) is 14.1 Å². The molecule has 1 aromatic carbocycles. The zero-order valence-electron chi connectivity index (χ0n) is 21.8. The maximum atomic E-state index is 14.1. The zero-order chi connectivity index (χ0) is 27.1. The molecule has 194 valence electrons. The van der Waals surface area contributed by atoms with Gasteiger partial charge in [0.2, 0.25) is 5.78 Å². The minimum atomic E-state index is -2.58. The molecule has 0 saturated heterocycles. The molecule has 0 spiro atoms. The lowest BCUT2D eigenvalue weighted by Gasteiger charge is -2.53. The van der Waals surface area contributed by atoms with Crippen LogP contribution in [0.3, 0.4) is 0 Å². The Morgan fingerprint density at radius 1 is 1.11 bits per heavy atom. The monoisotopic (exact) mass is 497 g/mol. The molecule has 4 N–H and O–H groups in total. The van der Waals surface area contributed by atoms with E-state index in [0.717, 1.165) is 0 Å². The molecule has 3 aliphatic carbocycles. The molecule has 0 heterocycles. The zero-order valence-corrected chi connectivity index (χ0v) is 21.8. The van der Waals surface area contributed by atoms with E-state index < -0.39 is 68.7 Å². The Bertz CT molecular complexity index is 1250. The van der Waals surface area contributed by atoms with Crippen molar-refractivity contribution in [2.24, 2.45) is 17.3 Å². The third kappa shape index (κ3) is 3.45. The number of benzene rings is 1. The van der Waals surface area contributed by atoms with Crippen molar-refractivity contribution in [2.45, 2.75) is 64.5 Å². The summed E-state index contributed by atoms with van der Waals surface area (Å²) in [6, 6.07) is 3.78. The molecule has 4 atom stereocenters. The lowest BCUT2D eigenvalue weighted by Crippen LogP contribution is -2.66. The van der Waals surface area contributed by atoms with Crippen LogP contribution in [0.25, 0.3) is 5.76 Å². The highest BCUT2D eigenvalue weighted by atomic mass is 16.3. The molecular weight excluding hydrogens is 462 g/mol. The lowest BCUT2D eigenvalue weighted by atomic mass is 9.52. The molecule has 0 radical (unpaired) electrons. The first-order valence-corrected chi connectivity index (χ1v) is 12.2. The van der Waals surface area contributed by atoms with E-state index in [1.165, 1.54) is 6.07 Å². The number of likely N-dealkylation sites (N-methyl/N-ethyl adjacent to an activating group) is 1. The Hall–Kier alpha value is -2.97. The molecule has 0 amide bonds. The first-order valence-electron chi connectivity index (χ1n) is 12.2. The summed E-state index contributed by atoms with van der Waals surface area (Å²) >= 11 is 0. The fourth-order valence-electron chi connectivity index (χ4n) is 6.36. The van der Waals surface area contributed by atoms with Crippen LogP contribution in [-0.4, -0.2) is 68.4 Å². The standard InChI is InChI=1S/C28H35NO7/c1-26(2,3)12-17(31)20-23(33)21(29(6)7)15-11-14-19(24(34)28(15,36)25(20)35)22(32)18-13(27(14,4)5)9-8-10-16(18)30/h8-10,14-15,21,30,32,35-36H,11-12H2,1-7H3. The van der Waals surface area contributed by atoms with Crippen LogP contribution in [0, 0.1) is 17.3 Å². The largest absolute Gasteiger partial charge is 0.508 e. The fourth-order valence-corrected chi connectivity index (χ4v) is 6.36. The van der Waals surface area contributed by atoms with Gasteiger partial charge in [0.1, 0.15) is 22.8 Å². The van der Waals surface area contributed by atoms with Gasteiger partial charge < -0.3 is 20.4 Å². The average Bonchev–Trinajstić information content (AvgIpc) is 2.73. The summed E-state index contributed by atoms with van der Waals surface area (Å²) in [5.41, 5.74) is -3.78. The Balaban J connectivity index is 2.00. The third-order valence-corrected chi connectivity index (χ3v) is 8.09. The third-order valence-electron chi connectivity index (χ3n) is 8.09. The fraction of sp³-hybridized carbons (Fsp3) is 0.536. The summed E-state index contributed by atoms with van der Waals surface area (Å²) < 4.78 is 0. The Morgan fingerprint density at radius 3 is 2.28 bits per heavy atom. The number of carbonyl (C=O) groups is 3. The second kappa shape index (κ2) is 8.02. The molecule has 4 unspecified atom stereocenters. The topological polar surface area (TPSA) is 135 Å². The van der Waals surface area contributed by atoms with Crippen molar-refractivity contribution < 1.29 is 34.8 Å². The predicted molar refractivity (Wildman–Crippen MR) is 133 cm³/mol. The molecule has 0 bridgehead atoms. The van der Waals surface area contributed by atoms with Gasteiger partial charge in [0.15, 0.2) is 17.2 Å². The first kappa shape index (κ1) is 26.1. The van der Waals surface area contributed by atoms with E-state index >= 15 is 0 Å². The smallest absolute Gasteiger partial charge is 0.202 e. The van der Waals surface area contributed by atoms with Crippen molar-refractivity contribution >= 4 is 23.1 Å². The summed E-state index contributed by atoms with van der Waals surface area (Å²) in [7, 11) is 3.26. The van der Waals surface area contributed by atoms with Gasteiger partial charge in [-0.2, -0.15) is 0 Å². The molecule has 3 aliphatic rings. The van der Waals surface area contributed by atoms with Gasteiger partial charge in [0.05, 0.1) is 11.6 Å². The Kier molecular flexibility index (Phi) is 5.81. The number of nitrogens with zero attached hydrogens (tertiary/aromatic N) is 1. The Morgan fingerprint density at radius 2 is 1.72 bits per heavy atom. The van der Waals surface area contributed by atoms with Crippen LogP contribution in [0.2, 0.25) is 0 Å². The lowest BCUT2D eigenvalue weighted by molar-refractivity contribution is -0.155. The van der Waals surface area contributed by atoms with Crippen LogP contribution in [0.15, 0.2) is 35.1 Å². The SMILES string of the molecule is CN(C)C1C(=O)C(C(=O)CC(C)(C)C)=C(O)C2(O)C(=O)C3=C(O)c4c(O)cccc4C(C)(C)C3CC12. The van der Waals surface area contributed by atoms with Crippen molar-refractivity contribution in [3.63, 3.8) is 0 Å². The molecule has 1 fully saturated rings. The number of ketones is 3. The van der Waals surface area contributed by atoms with E-state index in [1.54, 1.807) is 31.1 Å². The molecule has 1 saturated carbocycles. The van der Waals surface area contributed by atoms with Gasteiger partial charge in [0.25, 0.3) is 0 Å². The van der Waals surface area contributed by atoms with E-state index in [-0.39, 0.29) is 29.7 Å². The van der Waals surface area contributed by atoms with E-state index in [0.29, 0.717) is 5.56 Å². The number of hydrogen-bond acceptors (Lipinski definition) is 8. The molecule has 0 aliphatic heterocycles. The number of carbonyl (C=O) groups excluding carboxylic acids is 3. The minimum absolute atomic E-state index is 0.0714. The molecule has 4 rings (SSSR count). The summed E-state index contributed by atoms with van der Waals surface area (Å²) in [6.45, 7) is 9.19. The number of hydrogen-bond donors (Lipinski definition) is 4. The quantitative estimate of drug-likeness (QED) is 0.468. The summed E-state index contributed by atoms with van der Waals surface area (Å²) in [5, 5.41) is 45.0. The molecular formula is C28H35NO7. The molecule has 0 aromatic heterocycles. The van der Waals surface area contributed by atoms with Crippen molar-refractivity contribution in [3.8, 4) is 5.75 Å². The summed E-state index contributed by atoms with van der Waals surface area (Å²) in [4.78, 5) is 42.5. The predicted octanol–water partition coefficient (Wildman–Crippen LogP) is 3.22. The number of rotatable bonds is 3. The normalized spacial score (nSPS) is 29.8. The van der Waals surface area contributed by atoms with Crippen LogP contribution < -0.4 is 0 Å².